The Labute approximate surface area is 213 Å². The van der Waals surface area contributed by atoms with Crippen molar-refractivity contribution in [2.75, 3.05) is 19.9 Å². The molecule has 0 bridgehead atoms. The molecule has 3 aromatic carbocycles. The van der Waals surface area contributed by atoms with Crippen LogP contribution >= 0.6 is 0 Å². The van der Waals surface area contributed by atoms with Crippen molar-refractivity contribution in [3.05, 3.63) is 106 Å². The number of hydrogen-bond donors (Lipinski definition) is 0. The lowest BCUT2D eigenvalue weighted by atomic mass is 9.90. The predicted octanol–water partition coefficient (Wildman–Crippen LogP) is 7.29. The number of nitrogens with zero attached hydrogens (tertiary/aromatic N) is 1. The van der Waals surface area contributed by atoms with Gasteiger partial charge in [-0.25, -0.2) is 8.78 Å². The Balaban J connectivity index is 1.55. The fraction of sp³-hybridized carbons (Fsp3) is 0.333. The molecule has 204 valence electrons. The van der Waals surface area contributed by atoms with Gasteiger partial charge in [-0.3, -0.25) is 4.90 Å². The molecule has 0 saturated carbocycles. The highest BCUT2D eigenvalue weighted by Crippen LogP contribution is 2.39. The topological polar surface area (TPSA) is 21.7 Å². The van der Waals surface area contributed by atoms with E-state index in [1.165, 1.54) is 11.0 Å². The highest BCUT2D eigenvalue weighted by Gasteiger charge is 2.42. The van der Waals surface area contributed by atoms with Crippen LogP contribution in [0, 0.1) is 11.6 Å². The van der Waals surface area contributed by atoms with Crippen LogP contribution in [0.2, 0.25) is 0 Å². The van der Waals surface area contributed by atoms with E-state index in [0.717, 1.165) is 17.7 Å². The lowest BCUT2D eigenvalue weighted by Gasteiger charge is -2.29. The zero-order valence-corrected chi connectivity index (χ0v) is 19.9. The Bertz CT molecular complexity index is 1210. The molecule has 1 aliphatic rings. The molecular formula is C27H23F8NO2. The summed E-state index contributed by atoms with van der Waals surface area (Å²) in [6.07, 6.45) is -9.76. The summed E-state index contributed by atoms with van der Waals surface area (Å²) in [4.78, 5) is 1.51. The summed E-state index contributed by atoms with van der Waals surface area (Å²) in [5, 5.41) is 0. The van der Waals surface area contributed by atoms with Crippen molar-refractivity contribution in [1.29, 1.82) is 0 Å². The van der Waals surface area contributed by atoms with Gasteiger partial charge in [0.05, 0.1) is 24.3 Å². The SMILES string of the molecule is Fc1ccc(C2(CCOCc3ccccc3)CN(Cc3cc(C(F)(F)F)cc(C(F)(F)F)c3)CO2)cc1F. The van der Waals surface area contributed by atoms with Gasteiger partial charge in [-0.1, -0.05) is 36.4 Å². The largest absolute Gasteiger partial charge is 0.416 e. The second-order valence-corrected chi connectivity index (χ2v) is 9.09. The molecule has 11 heteroatoms. The van der Waals surface area contributed by atoms with Crippen molar-refractivity contribution in [1.82, 2.24) is 4.90 Å². The maximum atomic E-state index is 14.1. The molecule has 0 radical (unpaired) electrons. The van der Waals surface area contributed by atoms with E-state index in [9.17, 15) is 35.1 Å². The van der Waals surface area contributed by atoms with Gasteiger partial charge in [0.25, 0.3) is 0 Å². The molecule has 0 aliphatic carbocycles. The summed E-state index contributed by atoms with van der Waals surface area (Å²) in [5.74, 6) is -2.18. The first-order valence-corrected chi connectivity index (χ1v) is 11.6. The second kappa shape index (κ2) is 11.0. The maximum Gasteiger partial charge on any atom is 0.416 e. The Morgan fingerprint density at radius 1 is 0.789 bits per heavy atom. The highest BCUT2D eigenvalue weighted by atomic mass is 19.4. The standard InChI is InChI=1S/C27H23F8NO2/c28-23-7-6-20(13-24(23)29)25(8-9-37-15-18-4-2-1-3-5-18)16-36(17-38-25)14-19-10-21(26(30,31)32)12-22(11-19)27(33,34)35/h1-7,10-13H,8-9,14-17H2. The Morgan fingerprint density at radius 3 is 2.05 bits per heavy atom. The molecule has 1 saturated heterocycles. The molecule has 4 rings (SSSR count). The predicted molar refractivity (Wildman–Crippen MR) is 122 cm³/mol. The van der Waals surface area contributed by atoms with Crippen LogP contribution in [0.4, 0.5) is 35.1 Å². The Morgan fingerprint density at radius 2 is 1.45 bits per heavy atom. The molecule has 38 heavy (non-hydrogen) atoms. The molecule has 0 aromatic heterocycles. The van der Waals surface area contributed by atoms with E-state index in [1.807, 2.05) is 30.3 Å². The zero-order valence-electron chi connectivity index (χ0n) is 19.9. The molecular weight excluding hydrogens is 522 g/mol. The van der Waals surface area contributed by atoms with Crippen LogP contribution < -0.4 is 0 Å². The molecule has 0 N–H and O–H groups in total. The molecule has 1 atom stereocenters. The molecule has 1 heterocycles. The van der Waals surface area contributed by atoms with Crippen LogP contribution in [0.15, 0.2) is 66.7 Å². The normalized spacial score (nSPS) is 18.7. The van der Waals surface area contributed by atoms with Crippen LogP contribution in [-0.4, -0.2) is 24.8 Å². The van der Waals surface area contributed by atoms with Crippen molar-refractivity contribution in [2.45, 2.75) is 37.5 Å². The minimum atomic E-state index is -4.97. The fourth-order valence-electron chi connectivity index (χ4n) is 4.39. The quantitative estimate of drug-likeness (QED) is 0.219. The van der Waals surface area contributed by atoms with E-state index in [0.29, 0.717) is 12.1 Å². The van der Waals surface area contributed by atoms with Gasteiger partial charge in [-0.2, -0.15) is 26.3 Å². The van der Waals surface area contributed by atoms with Gasteiger partial charge in [0, 0.05) is 19.5 Å². The van der Waals surface area contributed by atoms with Crippen molar-refractivity contribution < 1.29 is 44.6 Å². The minimum Gasteiger partial charge on any atom is -0.377 e. The molecule has 1 fully saturated rings. The number of alkyl halides is 6. The average Bonchev–Trinajstić information content (AvgIpc) is 3.26. The summed E-state index contributed by atoms with van der Waals surface area (Å²) in [6.45, 7) is -0.0185. The fourth-order valence-corrected chi connectivity index (χ4v) is 4.39. The lowest BCUT2D eigenvalue weighted by molar-refractivity contribution is -0.143. The van der Waals surface area contributed by atoms with Crippen molar-refractivity contribution in [3.63, 3.8) is 0 Å². The molecule has 3 nitrogen and oxygen atoms in total. The number of halogens is 8. The summed E-state index contributed by atoms with van der Waals surface area (Å²) >= 11 is 0. The second-order valence-electron chi connectivity index (χ2n) is 9.09. The van der Waals surface area contributed by atoms with E-state index < -0.39 is 40.7 Å². The van der Waals surface area contributed by atoms with Crippen molar-refractivity contribution in [2.24, 2.45) is 0 Å². The smallest absolute Gasteiger partial charge is 0.377 e. The highest BCUT2D eigenvalue weighted by molar-refractivity contribution is 5.34. The van der Waals surface area contributed by atoms with Crippen molar-refractivity contribution in [3.8, 4) is 0 Å². The number of benzene rings is 3. The first kappa shape index (κ1) is 28.0. The summed E-state index contributed by atoms with van der Waals surface area (Å²) < 4.78 is 119. The van der Waals surface area contributed by atoms with E-state index in [1.54, 1.807) is 0 Å². The number of ether oxygens (including phenoxy) is 2. The molecule has 1 unspecified atom stereocenters. The first-order chi connectivity index (χ1) is 17.9. The third-order valence-electron chi connectivity index (χ3n) is 6.26. The monoisotopic (exact) mass is 545 g/mol. The Kier molecular flexibility index (Phi) is 8.10. The van der Waals surface area contributed by atoms with Crippen LogP contribution in [0.5, 0.6) is 0 Å². The van der Waals surface area contributed by atoms with Gasteiger partial charge in [0.15, 0.2) is 11.6 Å². The number of hydrogen-bond acceptors (Lipinski definition) is 3. The van der Waals surface area contributed by atoms with Gasteiger partial charge in [-0.05, 0) is 47.0 Å². The molecule has 3 aromatic rings. The lowest BCUT2D eigenvalue weighted by Crippen LogP contribution is -2.33. The average molecular weight is 545 g/mol. The van der Waals surface area contributed by atoms with Crippen LogP contribution in [0.1, 0.15) is 34.2 Å². The Hall–Kier alpha value is -3.02. The van der Waals surface area contributed by atoms with Gasteiger partial charge in [0.1, 0.15) is 12.3 Å². The van der Waals surface area contributed by atoms with Crippen LogP contribution in [-0.2, 0) is 40.6 Å². The molecule has 0 amide bonds. The van der Waals surface area contributed by atoms with Gasteiger partial charge in [-0.15, -0.1) is 0 Å². The van der Waals surface area contributed by atoms with E-state index in [2.05, 4.69) is 0 Å². The van der Waals surface area contributed by atoms with Crippen molar-refractivity contribution >= 4 is 0 Å². The van der Waals surface area contributed by atoms with E-state index in [4.69, 9.17) is 9.47 Å². The third kappa shape index (κ3) is 6.69. The number of rotatable bonds is 8. The van der Waals surface area contributed by atoms with Crippen LogP contribution in [0.3, 0.4) is 0 Å². The maximum absolute atomic E-state index is 14.1. The zero-order chi connectivity index (χ0) is 27.6. The van der Waals surface area contributed by atoms with Crippen LogP contribution in [0.25, 0.3) is 0 Å². The summed E-state index contributed by atoms with van der Waals surface area (Å²) in [5.41, 5.74) is -3.07. The van der Waals surface area contributed by atoms with E-state index in [-0.39, 0.29) is 56.6 Å². The third-order valence-corrected chi connectivity index (χ3v) is 6.26. The minimum absolute atomic E-state index is 0.00433. The molecule has 0 spiro atoms. The van der Waals surface area contributed by atoms with E-state index >= 15 is 0 Å². The summed E-state index contributed by atoms with van der Waals surface area (Å²) in [6, 6.07) is 13.9. The van der Waals surface area contributed by atoms with Gasteiger partial charge >= 0.3 is 12.4 Å². The van der Waals surface area contributed by atoms with Gasteiger partial charge in [0.2, 0.25) is 0 Å². The summed E-state index contributed by atoms with van der Waals surface area (Å²) in [7, 11) is 0. The first-order valence-electron chi connectivity index (χ1n) is 11.6. The van der Waals surface area contributed by atoms with Gasteiger partial charge < -0.3 is 9.47 Å². The molecule has 1 aliphatic heterocycles.